The molecule has 666 valence electrons. The third-order valence-corrected chi connectivity index (χ3v) is 20.7. The number of nitrogens with one attached hydrogen (secondary N) is 4. The molecular weight excluding hydrogens is 1820 g/mol. The molecule has 0 aliphatic heterocycles. The van der Waals surface area contributed by atoms with E-state index in [9.17, 15) is 28.8 Å². The highest BCUT2D eigenvalue weighted by Crippen LogP contribution is 2.61. The Labute approximate surface area is 790 Å². The minimum atomic E-state index is -3.22. The number of hydrogen-bond donors (Lipinski definition) is 9. The molecule has 0 saturated carbocycles. The van der Waals surface area contributed by atoms with Gasteiger partial charge in [-0.1, -0.05) is 205 Å². The summed E-state index contributed by atoms with van der Waals surface area (Å²) in [5.41, 5.74) is 30.8. The summed E-state index contributed by atoms with van der Waals surface area (Å²) in [6.07, 6.45) is 0.805. The van der Waals surface area contributed by atoms with E-state index in [0.29, 0.717) is 89.7 Å². The number of hydrogen-bond acceptors (Lipinski definition) is 23. The number of nitrogen functional groups attached to an aromatic ring is 2. The van der Waals surface area contributed by atoms with Crippen LogP contribution in [0.3, 0.4) is 0 Å². The summed E-state index contributed by atoms with van der Waals surface area (Å²) < 4.78 is 19.7. The number of nitrogens with two attached hydrogens (primary N) is 3. The van der Waals surface area contributed by atoms with Gasteiger partial charge in [-0.05, 0) is 203 Å². The van der Waals surface area contributed by atoms with E-state index < -0.39 is 11.1 Å². The number of rotatable bonds is 16. The standard InChI is InChI=1S/C36H28N6O2.C22H12Cl2N4.C22H14N4O2.C8H8O2.C7H8N2O.C7H9NO.Cl3OP/c1-44-28-20-18-27(19-21-28)38-36-30-7-3-5-9-32(30)40-34(42-36)25-14-12-24(13-15-25)33-39-31-8-4-2-6-29(31)35(41-33)37-26-16-10-23(22-43)11-17-26;23-19-15-5-1-3-7-17(15)25-21(27-19)13-9-11-14(12-10-13)22-26-18-8-4-2-6-16(18)20(24)28-22;27-21-15-5-1-3-7-17(15)23-19(25-21)13-9-11-14(12-10-13)20-24-18-8-4-2-6-16(18)22(28)26-20;1-10-8-4-2-7(6-9)3-5-8;8-6-4-2-1-3-5(6)7(9)10;8-7-3-1-6(5-9)2-4-7;1-5(2,3)4/h2-21,43H,22H2,1H3,(H,37,39,41)(H,38,40,42);1-12H;1-12H,(H,23,25,27)(H,24,26,28);2-6H,1H3;1-4H,8H2,(H2,9,10);1-4,9H,5,8H2;. The van der Waals surface area contributed by atoms with Gasteiger partial charge < -0.3 is 57.5 Å². The van der Waals surface area contributed by atoms with E-state index in [2.05, 4.69) is 84.2 Å². The van der Waals surface area contributed by atoms with Gasteiger partial charge in [0, 0.05) is 83.2 Å². The zero-order valence-electron chi connectivity index (χ0n) is 71.1. The number of aliphatic hydroxyl groups excluding tert-OH is 2. The molecule has 0 radical (unpaired) electrons. The number of aromatic nitrogens is 12. The van der Waals surface area contributed by atoms with Crippen LogP contribution in [0.2, 0.25) is 10.3 Å². The van der Waals surface area contributed by atoms with Crippen LogP contribution in [-0.4, -0.2) is 96.4 Å². The second-order valence-corrected chi connectivity index (χ2v) is 36.5. The van der Waals surface area contributed by atoms with E-state index in [1.165, 1.54) is 0 Å². The molecule has 0 bridgehead atoms. The third-order valence-electron chi connectivity index (χ3n) is 20.2. The van der Waals surface area contributed by atoms with Crippen molar-refractivity contribution in [1.29, 1.82) is 0 Å². The maximum atomic E-state index is 12.3. The molecule has 134 heavy (non-hydrogen) atoms. The average Bonchev–Trinajstić information content (AvgIpc) is 0.781. The molecule has 6 heterocycles. The number of aldehydes is 1. The number of H-pyrrole nitrogens is 2. The zero-order chi connectivity index (χ0) is 94.2. The van der Waals surface area contributed by atoms with E-state index in [1.807, 2.05) is 255 Å². The van der Waals surface area contributed by atoms with E-state index in [1.54, 1.807) is 99.1 Å². The molecule has 0 aliphatic carbocycles. The van der Waals surface area contributed by atoms with Crippen LogP contribution < -0.4 is 48.4 Å². The molecule has 12 N–H and O–H groups in total. The quantitative estimate of drug-likeness (QED) is 0.0188. The zero-order valence-corrected chi connectivity index (χ0v) is 75.8. The summed E-state index contributed by atoms with van der Waals surface area (Å²) in [5, 5.41) is 27.1. The SMILES string of the molecule is COc1ccc(C=O)cc1.COc1ccc(Nc2nc(-c3ccc(-c4nc(Nc5ccc(CO)cc5)c5ccccc5n4)cc3)nc3ccccc23)cc1.Clc1nc(-c2ccc(-c3nc(Cl)c4ccccc4n3)cc2)nc2ccccc12.NC(=O)c1ccccc1N.Nc1ccc(CO)cc1.O=P(Cl)(Cl)Cl.O=c1[nH]c(-c2ccc(-c3nc4ccccc4c(=O)[nH]3)cc2)nc2ccccc12. The first-order chi connectivity index (χ1) is 64.9. The van der Waals surface area contributed by atoms with E-state index in [0.717, 1.165) is 129 Å². The topological polar surface area (TPSA) is 407 Å². The Bertz CT molecular complexity index is 7360. The second kappa shape index (κ2) is 44.7. The first-order valence-corrected chi connectivity index (χ1v) is 46.1. The lowest BCUT2D eigenvalue weighted by Crippen LogP contribution is -2.12. The van der Waals surface area contributed by atoms with Crippen molar-refractivity contribution in [2.24, 2.45) is 5.73 Å². The van der Waals surface area contributed by atoms with Gasteiger partial charge in [-0.3, -0.25) is 23.7 Å². The number of benzene rings is 14. The molecular formula is C102H79Cl5N17O9P. The van der Waals surface area contributed by atoms with Crippen LogP contribution in [0.15, 0.2) is 349 Å². The van der Waals surface area contributed by atoms with Crippen LogP contribution in [-0.2, 0) is 17.8 Å². The Morgan fingerprint density at radius 3 is 1.00 bits per heavy atom. The first-order valence-electron chi connectivity index (χ1n) is 40.9. The number of nitrogens with zero attached hydrogens (tertiary/aromatic N) is 10. The molecule has 0 unspecified atom stereocenters. The van der Waals surface area contributed by atoms with Crippen molar-refractivity contribution >= 4 is 174 Å². The fourth-order valence-electron chi connectivity index (χ4n) is 13.4. The van der Waals surface area contributed by atoms with Gasteiger partial charge in [0.25, 0.3) is 17.0 Å². The number of aromatic amines is 2. The Hall–Kier alpha value is -15.7. The van der Waals surface area contributed by atoms with Crippen molar-refractivity contribution < 1.29 is 33.8 Å². The van der Waals surface area contributed by atoms with Crippen molar-refractivity contribution in [2.75, 3.05) is 36.3 Å². The number of methoxy groups -OCH3 is 2. The molecule has 1 amide bonds. The van der Waals surface area contributed by atoms with Gasteiger partial charge in [0.05, 0.1) is 76.9 Å². The molecule has 0 aliphatic rings. The molecule has 0 atom stereocenters. The first kappa shape index (κ1) is 94.4. The van der Waals surface area contributed by atoms with Crippen LogP contribution >= 0.6 is 62.1 Å². The van der Waals surface area contributed by atoms with Crippen molar-refractivity contribution in [2.45, 2.75) is 13.2 Å². The highest BCUT2D eigenvalue weighted by Gasteiger charge is 2.18. The average molecular weight is 1900 g/mol. The summed E-state index contributed by atoms with van der Waals surface area (Å²) in [6.45, 7) is 0.0852. The third kappa shape index (κ3) is 24.9. The number of fused-ring (bicyclic) bond motifs is 6. The Kier molecular flexibility index (Phi) is 31.5. The van der Waals surface area contributed by atoms with Gasteiger partial charge in [-0.2, -0.15) is 0 Å². The van der Waals surface area contributed by atoms with Gasteiger partial charge in [0.2, 0.25) is 0 Å². The smallest absolute Gasteiger partial charge is 0.339 e. The minimum absolute atomic E-state index is 0.00159. The molecule has 0 spiro atoms. The molecule has 14 aromatic carbocycles. The molecule has 6 aromatic heterocycles. The second-order valence-electron chi connectivity index (χ2n) is 29.1. The summed E-state index contributed by atoms with van der Waals surface area (Å²) in [4.78, 5) is 97.6. The van der Waals surface area contributed by atoms with Crippen molar-refractivity contribution in [3.8, 4) is 79.8 Å². The maximum absolute atomic E-state index is 12.3. The molecule has 0 fully saturated rings. The lowest BCUT2D eigenvalue weighted by molar-refractivity contribution is 0.100. The van der Waals surface area contributed by atoms with E-state index >= 15 is 0 Å². The summed E-state index contributed by atoms with van der Waals surface area (Å²) in [6, 6.07) is 105. The largest absolute Gasteiger partial charge is 0.497 e. The molecule has 32 heteroatoms. The summed E-state index contributed by atoms with van der Waals surface area (Å²) in [7, 11) is 3.25. The number of amides is 1. The number of halogens is 5. The van der Waals surface area contributed by atoms with Crippen molar-refractivity contribution in [3.05, 3.63) is 393 Å². The van der Waals surface area contributed by atoms with Crippen LogP contribution in [0, 0.1) is 0 Å². The fourth-order valence-corrected chi connectivity index (χ4v) is 13.9. The van der Waals surface area contributed by atoms with Crippen LogP contribution in [0.4, 0.5) is 34.4 Å². The maximum Gasteiger partial charge on any atom is 0.339 e. The number of para-hydroxylation sites is 7. The van der Waals surface area contributed by atoms with Crippen LogP contribution in [0.25, 0.3) is 134 Å². The van der Waals surface area contributed by atoms with Gasteiger partial charge in [-0.25, -0.2) is 49.8 Å². The van der Waals surface area contributed by atoms with Gasteiger partial charge in [0.1, 0.15) is 51.4 Å². The Balaban J connectivity index is 0.000000140. The molecule has 20 rings (SSSR count). The number of primary amides is 1. The fraction of sp³-hybridized carbons (Fsp3) is 0.0392. The van der Waals surface area contributed by atoms with Gasteiger partial charge in [-0.15, -0.1) is 0 Å². The van der Waals surface area contributed by atoms with Crippen LogP contribution in [0.1, 0.15) is 31.8 Å². The minimum Gasteiger partial charge on any atom is -0.497 e. The molecule has 26 nitrogen and oxygen atoms in total. The Morgan fingerprint density at radius 1 is 0.373 bits per heavy atom. The number of carbonyl (C=O) groups excluding carboxylic acids is 2. The highest BCUT2D eigenvalue weighted by atomic mass is 36.0. The lowest BCUT2D eigenvalue weighted by atomic mass is 10.1. The van der Waals surface area contributed by atoms with Gasteiger partial charge >= 0.3 is 5.20 Å². The number of ether oxygens (including phenoxy) is 2. The monoisotopic (exact) mass is 1890 g/mol. The summed E-state index contributed by atoms with van der Waals surface area (Å²) >= 11 is 26.5. The predicted molar refractivity (Wildman–Crippen MR) is 538 cm³/mol. The summed E-state index contributed by atoms with van der Waals surface area (Å²) in [5.74, 6) is 5.86. The predicted octanol–water partition coefficient (Wildman–Crippen LogP) is 23.0. The van der Waals surface area contributed by atoms with Crippen LogP contribution in [0.5, 0.6) is 11.5 Å². The normalized spacial score (nSPS) is 10.7. The highest BCUT2D eigenvalue weighted by molar-refractivity contribution is 8.24. The van der Waals surface area contributed by atoms with E-state index in [4.69, 9.17) is 74.9 Å². The van der Waals surface area contributed by atoms with Gasteiger partial charge in [0.15, 0.2) is 23.3 Å². The number of anilines is 6. The Morgan fingerprint density at radius 2 is 0.664 bits per heavy atom. The molecule has 20 aromatic rings. The number of carbonyl (C=O) groups is 2. The number of aliphatic hydroxyl groups is 2. The van der Waals surface area contributed by atoms with Crippen molar-refractivity contribution in [3.63, 3.8) is 0 Å². The van der Waals surface area contributed by atoms with E-state index in [-0.39, 0.29) is 24.3 Å². The van der Waals surface area contributed by atoms with Crippen molar-refractivity contribution in [1.82, 2.24) is 59.8 Å². The lowest BCUT2D eigenvalue weighted by Gasteiger charge is -2.13. The molecule has 0 saturated heterocycles.